The average Bonchev–Trinajstić information content (AvgIpc) is 2.50. The third-order valence-electron chi connectivity index (χ3n) is 4.41. The molecule has 0 unspecified atom stereocenters. The predicted octanol–water partition coefficient (Wildman–Crippen LogP) is 2.43. The van der Waals surface area contributed by atoms with Crippen LogP contribution in [0.4, 0.5) is 5.69 Å². The minimum Gasteiger partial charge on any atom is -0.340 e. The Morgan fingerprint density at radius 2 is 1.58 bits per heavy atom. The highest BCUT2D eigenvalue weighted by atomic mass is 16.2. The van der Waals surface area contributed by atoms with Gasteiger partial charge in [-0.3, -0.25) is 14.5 Å². The minimum atomic E-state index is -0.345. The fourth-order valence-electron chi connectivity index (χ4n) is 2.98. The molecule has 1 N–H and O–H groups in total. The van der Waals surface area contributed by atoms with Crippen molar-refractivity contribution in [1.29, 1.82) is 0 Å². The highest BCUT2D eigenvalue weighted by Crippen LogP contribution is 2.20. The Hall–Kier alpha value is -1.88. The van der Waals surface area contributed by atoms with Gasteiger partial charge in [0.2, 0.25) is 11.8 Å². The number of carbonyl (C=O) groups is 2. The smallest absolute Gasteiger partial charge is 0.238 e. The number of benzene rings is 1. The normalized spacial score (nSPS) is 16.1. The number of hydrogen-bond acceptors (Lipinski definition) is 3. The first-order valence-corrected chi connectivity index (χ1v) is 8.56. The third-order valence-corrected chi connectivity index (χ3v) is 4.41. The molecule has 0 saturated carbocycles. The predicted molar refractivity (Wildman–Crippen MR) is 97.0 cm³/mol. The lowest BCUT2D eigenvalue weighted by atomic mass is 9.94. The van der Waals surface area contributed by atoms with Crippen molar-refractivity contribution in [1.82, 2.24) is 9.80 Å². The summed E-state index contributed by atoms with van der Waals surface area (Å²) >= 11 is 0. The van der Waals surface area contributed by atoms with Gasteiger partial charge in [0.05, 0.1) is 6.54 Å². The largest absolute Gasteiger partial charge is 0.340 e. The van der Waals surface area contributed by atoms with E-state index in [1.807, 2.05) is 57.7 Å². The molecule has 0 spiro atoms. The summed E-state index contributed by atoms with van der Waals surface area (Å²) in [7, 11) is 0. The quantitative estimate of drug-likeness (QED) is 0.925. The molecule has 1 aliphatic rings. The zero-order valence-corrected chi connectivity index (χ0v) is 15.5. The van der Waals surface area contributed by atoms with E-state index in [0.717, 1.165) is 29.9 Å². The van der Waals surface area contributed by atoms with Crippen LogP contribution in [0.25, 0.3) is 0 Å². The van der Waals surface area contributed by atoms with Gasteiger partial charge in [0, 0.05) is 37.3 Å². The number of carbonyl (C=O) groups excluding carboxylic acids is 2. The number of piperazine rings is 1. The van der Waals surface area contributed by atoms with Crippen molar-refractivity contribution in [2.24, 2.45) is 5.41 Å². The van der Waals surface area contributed by atoms with E-state index < -0.39 is 0 Å². The molecule has 1 fully saturated rings. The Morgan fingerprint density at radius 3 is 2.08 bits per heavy atom. The second-order valence-electron chi connectivity index (χ2n) is 7.63. The number of rotatable bonds is 3. The Labute approximate surface area is 145 Å². The summed E-state index contributed by atoms with van der Waals surface area (Å²) in [5.74, 6) is 0.185. The first-order chi connectivity index (χ1) is 11.2. The molecule has 0 atom stereocenters. The molecular formula is C19H29N3O2. The molecule has 1 aliphatic heterocycles. The first kappa shape index (κ1) is 18.5. The molecule has 24 heavy (non-hydrogen) atoms. The lowest BCUT2D eigenvalue weighted by Gasteiger charge is -2.37. The Bertz CT molecular complexity index is 591. The van der Waals surface area contributed by atoms with Gasteiger partial charge in [0.1, 0.15) is 0 Å². The van der Waals surface area contributed by atoms with Crippen molar-refractivity contribution in [3.05, 3.63) is 29.3 Å². The molecule has 5 heteroatoms. The Kier molecular flexibility index (Phi) is 5.65. The molecule has 1 heterocycles. The Balaban J connectivity index is 1.86. The average molecular weight is 331 g/mol. The van der Waals surface area contributed by atoms with Crippen LogP contribution >= 0.6 is 0 Å². The van der Waals surface area contributed by atoms with Crippen LogP contribution in [-0.4, -0.2) is 54.3 Å². The molecule has 0 bridgehead atoms. The van der Waals surface area contributed by atoms with Gasteiger partial charge >= 0.3 is 0 Å². The Morgan fingerprint density at radius 1 is 1.04 bits per heavy atom. The lowest BCUT2D eigenvalue weighted by molar-refractivity contribution is -0.141. The third kappa shape index (κ3) is 4.57. The van der Waals surface area contributed by atoms with Crippen molar-refractivity contribution >= 4 is 17.5 Å². The number of para-hydroxylation sites is 1. The van der Waals surface area contributed by atoms with Crippen LogP contribution in [0.15, 0.2) is 18.2 Å². The molecule has 2 amide bonds. The number of anilines is 1. The van der Waals surface area contributed by atoms with E-state index in [1.54, 1.807) is 0 Å². The summed E-state index contributed by atoms with van der Waals surface area (Å²) in [5, 5.41) is 3.02. The highest BCUT2D eigenvalue weighted by molar-refractivity contribution is 5.93. The molecule has 2 rings (SSSR count). The second-order valence-corrected chi connectivity index (χ2v) is 7.63. The summed E-state index contributed by atoms with van der Waals surface area (Å²) in [6.07, 6.45) is 0. The fraction of sp³-hybridized carbons (Fsp3) is 0.579. The van der Waals surface area contributed by atoms with Crippen molar-refractivity contribution in [3.63, 3.8) is 0 Å². The number of amides is 2. The number of aryl methyl sites for hydroxylation is 2. The minimum absolute atomic E-state index is 0.00278. The molecule has 1 saturated heterocycles. The highest BCUT2D eigenvalue weighted by Gasteiger charge is 2.30. The monoisotopic (exact) mass is 331 g/mol. The maximum Gasteiger partial charge on any atom is 0.238 e. The van der Waals surface area contributed by atoms with Crippen LogP contribution in [0.3, 0.4) is 0 Å². The van der Waals surface area contributed by atoms with Crippen LogP contribution < -0.4 is 5.32 Å². The van der Waals surface area contributed by atoms with Crippen LogP contribution in [0.2, 0.25) is 0 Å². The molecule has 1 aromatic carbocycles. The first-order valence-electron chi connectivity index (χ1n) is 8.56. The van der Waals surface area contributed by atoms with Crippen molar-refractivity contribution in [3.8, 4) is 0 Å². The summed E-state index contributed by atoms with van der Waals surface area (Å²) in [5.41, 5.74) is 2.71. The fourth-order valence-corrected chi connectivity index (χ4v) is 2.98. The zero-order chi connectivity index (χ0) is 17.9. The maximum absolute atomic E-state index is 12.3. The second kappa shape index (κ2) is 7.34. The topological polar surface area (TPSA) is 52.7 Å². The van der Waals surface area contributed by atoms with E-state index in [0.29, 0.717) is 19.6 Å². The van der Waals surface area contributed by atoms with E-state index in [1.165, 1.54) is 0 Å². The van der Waals surface area contributed by atoms with Crippen LogP contribution in [-0.2, 0) is 9.59 Å². The van der Waals surface area contributed by atoms with E-state index in [9.17, 15) is 9.59 Å². The number of nitrogens with zero attached hydrogens (tertiary/aromatic N) is 2. The SMILES string of the molecule is Cc1cccc(C)c1NC(=O)CN1CCN(C(=O)C(C)(C)C)CC1. The van der Waals surface area contributed by atoms with Gasteiger partial charge in [-0.1, -0.05) is 39.0 Å². The van der Waals surface area contributed by atoms with Gasteiger partial charge in [0.25, 0.3) is 0 Å². The van der Waals surface area contributed by atoms with Crippen molar-refractivity contribution in [2.45, 2.75) is 34.6 Å². The molecule has 0 aromatic heterocycles. The van der Waals surface area contributed by atoms with Gasteiger partial charge in [-0.05, 0) is 25.0 Å². The maximum atomic E-state index is 12.3. The molecule has 0 aliphatic carbocycles. The van der Waals surface area contributed by atoms with Crippen molar-refractivity contribution in [2.75, 3.05) is 38.0 Å². The summed E-state index contributed by atoms with van der Waals surface area (Å²) in [4.78, 5) is 28.6. The summed E-state index contributed by atoms with van der Waals surface area (Å²) in [6, 6.07) is 5.99. The van der Waals surface area contributed by atoms with Gasteiger partial charge in [-0.2, -0.15) is 0 Å². The van der Waals surface area contributed by atoms with Gasteiger partial charge in [-0.15, -0.1) is 0 Å². The molecular weight excluding hydrogens is 302 g/mol. The zero-order valence-electron chi connectivity index (χ0n) is 15.5. The van der Waals surface area contributed by atoms with Gasteiger partial charge < -0.3 is 10.2 Å². The standard InChI is InChI=1S/C19H29N3O2/c1-14-7-6-8-15(2)17(14)20-16(23)13-21-9-11-22(12-10-21)18(24)19(3,4)5/h6-8H,9-13H2,1-5H3,(H,20,23). The molecule has 5 nitrogen and oxygen atoms in total. The molecule has 1 aromatic rings. The molecule has 132 valence electrons. The van der Waals surface area contributed by atoms with Crippen LogP contribution in [0.5, 0.6) is 0 Å². The lowest BCUT2D eigenvalue weighted by Crippen LogP contribution is -2.52. The number of nitrogens with one attached hydrogen (secondary N) is 1. The van der Waals surface area contributed by atoms with E-state index in [2.05, 4.69) is 10.2 Å². The van der Waals surface area contributed by atoms with Crippen LogP contribution in [0.1, 0.15) is 31.9 Å². The van der Waals surface area contributed by atoms with E-state index in [4.69, 9.17) is 0 Å². The van der Waals surface area contributed by atoms with E-state index >= 15 is 0 Å². The van der Waals surface area contributed by atoms with E-state index in [-0.39, 0.29) is 17.2 Å². The summed E-state index contributed by atoms with van der Waals surface area (Å²) in [6.45, 7) is 13.0. The van der Waals surface area contributed by atoms with Crippen molar-refractivity contribution < 1.29 is 9.59 Å². The number of hydrogen-bond donors (Lipinski definition) is 1. The van der Waals surface area contributed by atoms with Gasteiger partial charge in [-0.25, -0.2) is 0 Å². The van der Waals surface area contributed by atoms with Gasteiger partial charge in [0.15, 0.2) is 0 Å². The van der Waals surface area contributed by atoms with Crippen LogP contribution in [0, 0.1) is 19.3 Å². The molecule has 0 radical (unpaired) electrons. The summed E-state index contributed by atoms with van der Waals surface area (Å²) < 4.78 is 0.